The first-order valence-electron chi connectivity index (χ1n) is 5.13. The quantitative estimate of drug-likeness (QED) is 0.791. The average molecular weight is 336 g/mol. The number of aliphatic carboxylic acids is 1. The number of halogens is 2. The van der Waals surface area contributed by atoms with Crippen molar-refractivity contribution in [3.8, 4) is 0 Å². The molecule has 1 rings (SSSR count). The zero-order valence-corrected chi connectivity index (χ0v) is 11.9. The van der Waals surface area contributed by atoms with Gasteiger partial charge in [-0.15, -0.1) is 0 Å². The summed E-state index contributed by atoms with van der Waals surface area (Å²) in [5.41, 5.74) is 0.517. The summed E-state index contributed by atoms with van der Waals surface area (Å²) in [6, 6.07) is 4.58. The van der Waals surface area contributed by atoms with Gasteiger partial charge in [-0.3, -0.25) is 4.79 Å². The van der Waals surface area contributed by atoms with E-state index in [2.05, 4.69) is 26.6 Å². The van der Waals surface area contributed by atoms with Crippen LogP contribution in [0.3, 0.4) is 0 Å². The van der Waals surface area contributed by atoms with Gasteiger partial charge < -0.3 is 15.7 Å². The summed E-state index contributed by atoms with van der Waals surface area (Å²) in [7, 11) is 0. The van der Waals surface area contributed by atoms with Gasteiger partial charge in [-0.1, -0.05) is 24.6 Å². The molecule has 0 fully saturated rings. The molecule has 1 unspecified atom stereocenters. The minimum absolute atomic E-state index is 0.0549. The molecule has 1 atom stereocenters. The lowest BCUT2D eigenvalue weighted by molar-refractivity contribution is -0.140. The third-order valence-electron chi connectivity index (χ3n) is 2.19. The zero-order chi connectivity index (χ0) is 13.7. The molecule has 0 spiro atoms. The molecule has 1 aromatic rings. The number of carbonyl (C=O) groups excluding carboxylic acids is 1. The minimum atomic E-state index is -0.959. The minimum Gasteiger partial charge on any atom is -0.481 e. The maximum absolute atomic E-state index is 11.5. The smallest absolute Gasteiger partial charge is 0.319 e. The Hall–Kier alpha value is -1.27. The van der Waals surface area contributed by atoms with Crippen LogP contribution in [0.1, 0.15) is 6.92 Å². The highest BCUT2D eigenvalue weighted by molar-refractivity contribution is 9.10. The lowest BCUT2D eigenvalue weighted by Gasteiger charge is -2.11. The Balaban J connectivity index is 2.55. The first-order valence-corrected chi connectivity index (χ1v) is 6.30. The molecule has 98 valence electrons. The summed E-state index contributed by atoms with van der Waals surface area (Å²) in [5.74, 6) is -1.60. The van der Waals surface area contributed by atoms with Crippen LogP contribution in [0, 0.1) is 5.92 Å². The van der Waals surface area contributed by atoms with Gasteiger partial charge in [0, 0.05) is 6.54 Å². The molecule has 7 heteroatoms. The molecule has 0 bridgehead atoms. The van der Waals surface area contributed by atoms with Gasteiger partial charge in [-0.2, -0.15) is 0 Å². The Kier molecular flexibility index (Phi) is 5.43. The molecule has 0 aliphatic carbocycles. The van der Waals surface area contributed by atoms with E-state index >= 15 is 0 Å². The lowest BCUT2D eigenvalue weighted by atomic mass is 10.2. The van der Waals surface area contributed by atoms with Crippen LogP contribution in [0.15, 0.2) is 22.7 Å². The molecule has 0 radical (unpaired) electrons. The molecular formula is C11H12BrClN2O3. The number of hydrogen-bond donors (Lipinski definition) is 3. The van der Waals surface area contributed by atoms with Gasteiger partial charge in [-0.05, 0) is 28.1 Å². The lowest BCUT2D eigenvalue weighted by Crippen LogP contribution is -2.34. The van der Waals surface area contributed by atoms with E-state index in [1.54, 1.807) is 18.2 Å². The van der Waals surface area contributed by atoms with E-state index in [1.165, 1.54) is 6.92 Å². The number of hydrogen-bond acceptors (Lipinski definition) is 2. The van der Waals surface area contributed by atoms with Gasteiger partial charge in [0.25, 0.3) is 0 Å². The molecule has 1 aromatic carbocycles. The van der Waals surface area contributed by atoms with Crippen LogP contribution in [0.5, 0.6) is 0 Å². The van der Waals surface area contributed by atoms with Gasteiger partial charge in [-0.25, -0.2) is 4.79 Å². The van der Waals surface area contributed by atoms with Crippen molar-refractivity contribution in [1.82, 2.24) is 5.32 Å². The predicted octanol–water partition coefficient (Wildman–Crippen LogP) is 2.94. The Labute approximate surface area is 118 Å². The highest BCUT2D eigenvalue weighted by Gasteiger charge is 2.13. The Morgan fingerprint density at radius 3 is 2.78 bits per heavy atom. The molecular weight excluding hydrogens is 323 g/mol. The van der Waals surface area contributed by atoms with Crippen molar-refractivity contribution in [3.05, 3.63) is 27.7 Å². The van der Waals surface area contributed by atoms with E-state index < -0.39 is 17.9 Å². The van der Waals surface area contributed by atoms with Gasteiger partial charge in [0.1, 0.15) is 0 Å². The maximum atomic E-state index is 11.5. The highest BCUT2D eigenvalue weighted by Crippen LogP contribution is 2.29. The van der Waals surface area contributed by atoms with Crippen LogP contribution in [0.25, 0.3) is 0 Å². The molecule has 0 aliphatic heterocycles. The molecule has 0 saturated carbocycles. The van der Waals surface area contributed by atoms with E-state index in [4.69, 9.17) is 16.7 Å². The predicted molar refractivity (Wildman–Crippen MR) is 73.0 cm³/mol. The molecule has 0 aliphatic rings. The second-order valence-corrected chi connectivity index (χ2v) is 4.88. The fourth-order valence-electron chi connectivity index (χ4n) is 1.10. The molecule has 0 aromatic heterocycles. The van der Waals surface area contributed by atoms with Crippen LogP contribution in [0.4, 0.5) is 10.5 Å². The van der Waals surface area contributed by atoms with Crippen molar-refractivity contribution in [1.29, 1.82) is 0 Å². The molecule has 3 N–H and O–H groups in total. The van der Waals surface area contributed by atoms with Crippen molar-refractivity contribution < 1.29 is 14.7 Å². The number of anilines is 1. The van der Waals surface area contributed by atoms with E-state index in [1.807, 2.05) is 0 Å². The van der Waals surface area contributed by atoms with Crippen LogP contribution in [-0.2, 0) is 4.79 Å². The number of nitrogens with one attached hydrogen (secondary N) is 2. The summed E-state index contributed by atoms with van der Waals surface area (Å²) in [4.78, 5) is 22.1. The van der Waals surface area contributed by atoms with Gasteiger partial charge in [0.05, 0.1) is 21.1 Å². The Morgan fingerprint density at radius 1 is 1.50 bits per heavy atom. The van der Waals surface area contributed by atoms with E-state index in [-0.39, 0.29) is 6.54 Å². The van der Waals surface area contributed by atoms with Crippen LogP contribution >= 0.6 is 27.5 Å². The van der Waals surface area contributed by atoms with Crippen LogP contribution in [0.2, 0.25) is 5.02 Å². The summed E-state index contributed by atoms with van der Waals surface area (Å²) >= 11 is 9.11. The third-order valence-corrected chi connectivity index (χ3v) is 3.59. The summed E-state index contributed by atoms with van der Waals surface area (Å²) in [5, 5.41) is 14.2. The standard InChI is InChI=1S/C11H12BrClN2O3/c1-6(10(16)17)5-14-11(18)15-8-4-2-3-7(13)9(8)12/h2-4,6H,5H2,1H3,(H,16,17)(H2,14,15,18). The number of urea groups is 1. The van der Waals surface area contributed by atoms with Gasteiger partial charge in [0.2, 0.25) is 0 Å². The van der Waals surface area contributed by atoms with Crippen molar-refractivity contribution >= 4 is 45.2 Å². The SMILES string of the molecule is CC(CNC(=O)Nc1cccc(Cl)c1Br)C(=O)O. The molecule has 2 amide bonds. The van der Waals surface area contributed by atoms with Crippen molar-refractivity contribution in [2.45, 2.75) is 6.92 Å². The van der Waals surface area contributed by atoms with Crippen molar-refractivity contribution in [2.24, 2.45) is 5.92 Å². The summed E-state index contributed by atoms with van der Waals surface area (Å²) in [6.07, 6.45) is 0. The fraction of sp³-hybridized carbons (Fsp3) is 0.273. The average Bonchev–Trinajstić information content (AvgIpc) is 2.32. The fourth-order valence-corrected chi connectivity index (χ4v) is 1.64. The second-order valence-electron chi connectivity index (χ2n) is 3.68. The van der Waals surface area contributed by atoms with E-state index in [0.717, 1.165) is 0 Å². The van der Waals surface area contributed by atoms with E-state index in [9.17, 15) is 9.59 Å². The maximum Gasteiger partial charge on any atom is 0.319 e. The van der Waals surface area contributed by atoms with Gasteiger partial charge >= 0.3 is 12.0 Å². The first-order chi connectivity index (χ1) is 8.41. The van der Waals surface area contributed by atoms with Crippen LogP contribution < -0.4 is 10.6 Å². The number of carbonyl (C=O) groups is 2. The zero-order valence-electron chi connectivity index (χ0n) is 9.54. The monoisotopic (exact) mass is 334 g/mol. The molecule has 5 nitrogen and oxygen atoms in total. The second kappa shape index (κ2) is 6.61. The van der Waals surface area contributed by atoms with Crippen molar-refractivity contribution in [3.63, 3.8) is 0 Å². The third kappa shape index (κ3) is 4.19. The molecule has 18 heavy (non-hydrogen) atoms. The number of benzene rings is 1. The summed E-state index contributed by atoms with van der Waals surface area (Å²) in [6.45, 7) is 1.57. The number of carboxylic acid groups (broad SMARTS) is 1. The first kappa shape index (κ1) is 14.8. The largest absolute Gasteiger partial charge is 0.481 e. The Morgan fingerprint density at radius 2 is 2.17 bits per heavy atom. The highest BCUT2D eigenvalue weighted by atomic mass is 79.9. The number of rotatable bonds is 4. The van der Waals surface area contributed by atoms with Gasteiger partial charge in [0.15, 0.2) is 0 Å². The number of amides is 2. The summed E-state index contributed by atoms with van der Waals surface area (Å²) < 4.78 is 0.577. The molecule has 0 saturated heterocycles. The van der Waals surface area contributed by atoms with E-state index in [0.29, 0.717) is 15.2 Å². The Bertz CT molecular complexity index is 468. The normalized spacial score (nSPS) is 11.7. The number of carboxylic acids is 1. The van der Waals surface area contributed by atoms with Crippen molar-refractivity contribution in [2.75, 3.05) is 11.9 Å². The molecule has 0 heterocycles. The van der Waals surface area contributed by atoms with Crippen LogP contribution in [-0.4, -0.2) is 23.7 Å². The topological polar surface area (TPSA) is 78.4 Å².